The van der Waals surface area contributed by atoms with Crippen LogP contribution in [0.4, 0.5) is 0 Å². The van der Waals surface area contributed by atoms with Crippen LogP contribution >= 0.6 is 0 Å². The average Bonchev–Trinajstić information content (AvgIpc) is 2.70. The molecule has 1 aliphatic rings. The van der Waals surface area contributed by atoms with E-state index in [1.807, 2.05) is 6.08 Å². The monoisotopic (exact) mass is 410 g/mol. The summed E-state index contributed by atoms with van der Waals surface area (Å²) in [5, 5.41) is 0. The van der Waals surface area contributed by atoms with Crippen LogP contribution in [0.2, 0.25) is 0 Å². The van der Waals surface area contributed by atoms with Crippen LogP contribution < -0.4 is 0 Å². The van der Waals surface area contributed by atoms with E-state index in [0.29, 0.717) is 6.61 Å². The Morgan fingerprint density at radius 3 is 2.53 bits per heavy atom. The van der Waals surface area contributed by atoms with Gasteiger partial charge in [-0.1, -0.05) is 69.8 Å². The lowest BCUT2D eigenvalue weighted by atomic mass is 9.72. The predicted molar refractivity (Wildman–Crippen MR) is 124 cm³/mol. The normalized spacial score (nSPS) is 16.9. The van der Waals surface area contributed by atoms with E-state index in [0.717, 1.165) is 24.0 Å². The minimum absolute atomic E-state index is 0.124. The van der Waals surface area contributed by atoms with Gasteiger partial charge in [0.1, 0.15) is 0 Å². The Kier molecular flexibility index (Phi) is 9.48. The molecule has 0 amide bonds. The van der Waals surface area contributed by atoms with Gasteiger partial charge in [0.05, 0.1) is 6.61 Å². The second-order valence-corrected chi connectivity index (χ2v) is 9.04. The first-order chi connectivity index (χ1) is 14.3. The zero-order valence-electron chi connectivity index (χ0n) is 19.5. The SMILES string of the molecule is CCCCCCCOC(=O)c1ncc(/C=C(C)/C=C/C2=C(C)CCCC2(C)C)cn1. The summed E-state index contributed by atoms with van der Waals surface area (Å²) in [7, 11) is 0. The number of carbonyl (C=O) groups is 1. The molecular weight excluding hydrogens is 372 g/mol. The molecule has 1 heterocycles. The van der Waals surface area contributed by atoms with Gasteiger partial charge in [-0.2, -0.15) is 0 Å². The van der Waals surface area contributed by atoms with Crippen LogP contribution in [-0.2, 0) is 4.74 Å². The van der Waals surface area contributed by atoms with E-state index in [1.165, 1.54) is 49.7 Å². The lowest BCUT2D eigenvalue weighted by Gasteiger charge is -2.32. The van der Waals surface area contributed by atoms with Crippen molar-refractivity contribution in [3.8, 4) is 0 Å². The smallest absolute Gasteiger partial charge is 0.376 e. The van der Waals surface area contributed by atoms with Crippen LogP contribution in [0.25, 0.3) is 6.08 Å². The maximum Gasteiger partial charge on any atom is 0.376 e. The Morgan fingerprint density at radius 1 is 1.17 bits per heavy atom. The molecule has 0 bridgehead atoms. The number of ether oxygens (including phenoxy) is 1. The minimum atomic E-state index is -0.445. The zero-order valence-corrected chi connectivity index (χ0v) is 19.5. The fourth-order valence-corrected chi connectivity index (χ4v) is 3.99. The van der Waals surface area contributed by atoms with Crippen molar-refractivity contribution in [2.24, 2.45) is 5.41 Å². The second kappa shape index (κ2) is 11.8. The van der Waals surface area contributed by atoms with Crippen molar-refractivity contribution in [3.63, 3.8) is 0 Å². The molecule has 0 fully saturated rings. The summed E-state index contributed by atoms with van der Waals surface area (Å²) < 4.78 is 5.27. The first-order valence-electron chi connectivity index (χ1n) is 11.4. The highest BCUT2D eigenvalue weighted by atomic mass is 16.5. The summed E-state index contributed by atoms with van der Waals surface area (Å²) >= 11 is 0. The lowest BCUT2D eigenvalue weighted by Crippen LogP contribution is -2.19. The highest BCUT2D eigenvalue weighted by Gasteiger charge is 2.26. The highest BCUT2D eigenvalue weighted by Crippen LogP contribution is 2.40. The summed E-state index contributed by atoms with van der Waals surface area (Å²) in [5.74, 6) is -0.321. The number of hydrogen-bond acceptors (Lipinski definition) is 4. The van der Waals surface area contributed by atoms with E-state index < -0.39 is 5.97 Å². The molecule has 0 atom stereocenters. The standard InChI is InChI=1S/C26H38N2O2/c1-6-7-8-9-10-16-30-25(29)24-27-18-22(19-28-24)17-20(2)13-14-23-21(3)12-11-15-26(23,4)5/h13-14,17-19H,6-12,15-16H2,1-5H3/b14-13+,20-17+. The van der Waals surface area contributed by atoms with Crippen LogP contribution in [0.5, 0.6) is 0 Å². The van der Waals surface area contributed by atoms with Crippen molar-refractivity contribution in [3.05, 3.63) is 52.7 Å². The molecule has 0 radical (unpaired) electrons. The van der Waals surface area contributed by atoms with Crippen LogP contribution in [0.1, 0.15) is 102 Å². The van der Waals surface area contributed by atoms with Gasteiger partial charge in [-0.25, -0.2) is 14.8 Å². The van der Waals surface area contributed by atoms with Gasteiger partial charge in [0.2, 0.25) is 5.82 Å². The Bertz CT molecular complexity index is 786. The summed E-state index contributed by atoms with van der Waals surface area (Å²) in [4.78, 5) is 20.4. The van der Waals surface area contributed by atoms with Crippen LogP contribution in [0.15, 0.2) is 41.3 Å². The topological polar surface area (TPSA) is 52.1 Å². The van der Waals surface area contributed by atoms with Crippen LogP contribution in [-0.4, -0.2) is 22.5 Å². The van der Waals surface area contributed by atoms with Crippen molar-refractivity contribution >= 4 is 12.0 Å². The molecule has 0 unspecified atom stereocenters. The molecule has 4 heteroatoms. The van der Waals surface area contributed by atoms with Gasteiger partial charge in [-0.15, -0.1) is 0 Å². The molecule has 164 valence electrons. The van der Waals surface area contributed by atoms with E-state index >= 15 is 0 Å². The largest absolute Gasteiger partial charge is 0.460 e. The maximum atomic E-state index is 12.1. The number of carbonyl (C=O) groups excluding carboxylic acids is 1. The third kappa shape index (κ3) is 7.55. The zero-order chi connectivity index (χ0) is 22.0. The second-order valence-electron chi connectivity index (χ2n) is 9.04. The number of hydrogen-bond donors (Lipinski definition) is 0. The Balaban J connectivity index is 1.91. The van der Waals surface area contributed by atoms with Crippen LogP contribution in [0.3, 0.4) is 0 Å². The molecule has 1 aliphatic carbocycles. The average molecular weight is 411 g/mol. The summed E-state index contributed by atoms with van der Waals surface area (Å²) in [5.41, 5.74) is 5.18. The number of nitrogens with zero attached hydrogens (tertiary/aromatic N) is 2. The van der Waals surface area contributed by atoms with Gasteiger partial charge in [0, 0.05) is 18.0 Å². The third-order valence-electron chi connectivity index (χ3n) is 5.79. The number of allylic oxidation sites excluding steroid dienone is 5. The minimum Gasteiger partial charge on any atom is -0.460 e. The van der Waals surface area contributed by atoms with E-state index in [4.69, 9.17) is 4.74 Å². The molecule has 4 nitrogen and oxygen atoms in total. The molecule has 30 heavy (non-hydrogen) atoms. The maximum absolute atomic E-state index is 12.1. The molecule has 0 aliphatic heterocycles. The molecule has 0 N–H and O–H groups in total. The van der Waals surface area contributed by atoms with Gasteiger partial charge in [0.15, 0.2) is 0 Å². The van der Waals surface area contributed by atoms with Crippen molar-refractivity contribution in [2.45, 2.75) is 86.0 Å². The van der Waals surface area contributed by atoms with Crippen molar-refractivity contribution in [2.75, 3.05) is 6.61 Å². The number of rotatable bonds is 10. The summed E-state index contributed by atoms with van der Waals surface area (Å²) in [6.45, 7) is 11.6. The van der Waals surface area contributed by atoms with E-state index in [2.05, 4.69) is 56.7 Å². The Labute approximate surface area is 182 Å². The molecule has 1 aromatic heterocycles. The van der Waals surface area contributed by atoms with Crippen molar-refractivity contribution in [1.29, 1.82) is 0 Å². The van der Waals surface area contributed by atoms with E-state index in [-0.39, 0.29) is 11.2 Å². The van der Waals surface area contributed by atoms with Gasteiger partial charge < -0.3 is 4.74 Å². The highest BCUT2D eigenvalue weighted by molar-refractivity contribution is 5.85. The fraction of sp³-hybridized carbons (Fsp3) is 0.577. The first-order valence-corrected chi connectivity index (χ1v) is 11.4. The quantitative estimate of drug-likeness (QED) is 0.235. The summed E-state index contributed by atoms with van der Waals surface area (Å²) in [6.07, 6.45) is 19.1. The van der Waals surface area contributed by atoms with E-state index in [1.54, 1.807) is 12.4 Å². The third-order valence-corrected chi connectivity index (χ3v) is 5.79. The molecule has 2 rings (SSSR count). The molecular formula is C26H38N2O2. The molecule has 0 spiro atoms. The molecule has 1 aromatic rings. The first kappa shape index (κ1) is 24.0. The van der Waals surface area contributed by atoms with Crippen LogP contribution in [0, 0.1) is 5.41 Å². The summed E-state index contributed by atoms with van der Waals surface area (Å²) in [6, 6.07) is 0. The Morgan fingerprint density at radius 2 is 1.87 bits per heavy atom. The molecule has 0 saturated heterocycles. The number of unbranched alkanes of at least 4 members (excludes halogenated alkanes) is 4. The van der Waals surface area contributed by atoms with Gasteiger partial charge in [-0.3, -0.25) is 0 Å². The van der Waals surface area contributed by atoms with E-state index in [9.17, 15) is 4.79 Å². The van der Waals surface area contributed by atoms with Gasteiger partial charge in [-0.05, 0) is 56.6 Å². The fourth-order valence-electron chi connectivity index (χ4n) is 3.99. The van der Waals surface area contributed by atoms with Crippen molar-refractivity contribution < 1.29 is 9.53 Å². The molecule has 0 saturated carbocycles. The molecule has 0 aromatic carbocycles. The number of aromatic nitrogens is 2. The van der Waals surface area contributed by atoms with Gasteiger partial charge >= 0.3 is 5.97 Å². The lowest BCUT2D eigenvalue weighted by molar-refractivity contribution is 0.0483. The predicted octanol–water partition coefficient (Wildman–Crippen LogP) is 7.09. The Hall–Kier alpha value is -2.23. The number of esters is 1. The van der Waals surface area contributed by atoms with Crippen molar-refractivity contribution in [1.82, 2.24) is 9.97 Å². The van der Waals surface area contributed by atoms with Gasteiger partial charge in [0.25, 0.3) is 0 Å².